The number of aryl methyl sites for hydroxylation is 1. The van der Waals surface area contributed by atoms with Gasteiger partial charge in [0.05, 0.1) is 5.57 Å². The minimum absolute atomic E-state index is 0.0678. The van der Waals surface area contributed by atoms with Crippen molar-refractivity contribution in [1.82, 2.24) is 10.6 Å². The maximum atomic E-state index is 12.7. The van der Waals surface area contributed by atoms with Crippen molar-refractivity contribution < 1.29 is 19.5 Å². The van der Waals surface area contributed by atoms with Gasteiger partial charge in [0.2, 0.25) is 0 Å². The van der Waals surface area contributed by atoms with Crippen LogP contribution in [-0.2, 0) is 20.9 Å². The molecule has 0 aliphatic heterocycles. The lowest BCUT2D eigenvalue weighted by molar-refractivity contribution is -0.148. The number of carbonyl (C=O) groups excluding carboxylic acids is 2. The van der Waals surface area contributed by atoms with E-state index >= 15 is 0 Å². The molecule has 0 radical (unpaired) electrons. The predicted molar refractivity (Wildman–Crippen MR) is 117 cm³/mol. The molecule has 0 atom stereocenters. The summed E-state index contributed by atoms with van der Waals surface area (Å²) in [5.74, 6) is -1.68. The fourth-order valence-electron chi connectivity index (χ4n) is 3.77. The minimum Gasteiger partial charge on any atom is -0.480 e. The number of benzene rings is 1. The van der Waals surface area contributed by atoms with Gasteiger partial charge in [-0.3, -0.25) is 9.59 Å². The lowest BCUT2D eigenvalue weighted by Gasteiger charge is -2.33. The van der Waals surface area contributed by atoms with Crippen LogP contribution in [0.25, 0.3) is 0 Å². The Labute approximate surface area is 178 Å². The van der Waals surface area contributed by atoms with Gasteiger partial charge in [0.1, 0.15) is 5.54 Å². The average Bonchev–Trinajstić information content (AvgIpc) is 2.74. The van der Waals surface area contributed by atoms with Gasteiger partial charge < -0.3 is 15.7 Å². The molecule has 0 unspecified atom stereocenters. The van der Waals surface area contributed by atoms with Crippen LogP contribution in [0.4, 0.5) is 0 Å². The van der Waals surface area contributed by atoms with E-state index in [1.165, 1.54) is 11.6 Å². The van der Waals surface area contributed by atoms with Gasteiger partial charge in [0.15, 0.2) is 6.29 Å². The minimum atomic E-state index is -1.29. The molecular formula is C24H32N2O4. The first kappa shape index (κ1) is 23.4. The quantitative estimate of drug-likeness (QED) is 0.189. The van der Waals surface area contributed by atoms with E-state index in [9.17, 15) is 19.5 Å². The van der Waals surface area contributed by atoms with Crippen LogP contribution in [0.2, 0.25) is 0 Å². The molecule has 30 heavy (non-hydrogen) atoms. The predicted octanol–water partition coefficient (Wildman–Crippen LogP) is 3.80. The van der Waals surface area contributed by atoms with Crippen LogP contribution in [0.3, 0.4) is 0 Å². The Balaban J connectivity index is 2.15. The fraction of sp³-hybridized carbons (Fsp3) is 0.458. The highest BCUT2D eigenvalue weighted by Gasteiger charge is 2.41. The summed E-state index contributed by atoms with van der Waals surface area (Å²) in [4.78, 5) is 36.1. The Morgan fingerprint density at radius 1 is 1.13 bits per heavy atom. The van der Waals surface area contributed by atoms with Crippen LogP contribution in [0.5, 0.6) is 0 Å². The van der Waals surface area contributed by atoms with Crippen molar-refractivity contribution >= 4 is 18.2 Å². The number of allylic oxidation sites excluding steroid dienone is 3. The number of hydrogen-bond donors (Lipinski definition) is 3. The molecule has 0 saturated heterocycles. The zero-order valence-electron chi connectivity index (χ0n) is 18.1. The van der Waals surface area contributed by atoms with Crippen molar-refractivity contribution in [2.45, 2.75) is 71.4 Å². The number of carbonyl (C=O) groups is 3. The monoisotopic (exact) mass is 412 g/mol. The van der Waals surface area contributed by atoms with Crippen LogP contribution in [0.1, 0.15) is 63.5 Å². The molecule has 1 aromatic carbocycles. The third-order valence-electron chi connectivity index (χ3n) is 5.69. The molecule has 0 heterocycles. The Kier molecular flexibility index (Phi) is 8.39. The van der Waals surface area contributed by atoms with Crippen molar-refractivity contribution in [3.63, 3.8) is 0 Å². The zero-order chi connectivity index (χ0) is 22.1. The summed E-state index contributed by atoms with van der Waals surface area (Å²) >= 11 is 0. The van der Waals surface area contributed by atoms with Gasteiger partial charge in [-0.15, -0.1) is 0 Å². The molecule has 1 fully saturated rings. The van der Waals surface area contributed by atoms with Gasteiger partial charge in [-0.1, -0.05) is 56.0 Å². The average molecular weight is 413 g/mol. The van der Waals surface area contributed by atoms with E-state index in [0.717, 1.165) is 36.1 Å². The summed E-state index contributed by atoms with van der Waals surface area (Å²) in [6, 6.07) is 8.22. The van der Waals surface area contributed by atoms with E-state index < -0.39 is 17.4 Å². The molecule has 2 rings (SSSR count). The maximum Gasteiger partial charge on any atom is 0.329 e. The number of amides is 1. The highest BCUT2D eigenvalue weighted by molar-refractivity contribution is 6.12. The standard InChI is InChI=1S/C24H32N2O4/c1-4-21(25-15-19-10-8-17(2)9-11-19)18(3)14-20(16-27)22(28)26-24(23(29)30)12-6-5-7-13-24/h8-11,14,16,25H,4-7,12-13,15H2,1-3H3,(H,26,28)(H,29,30)/b20-14+,21-18-. The smallest absolute Gasteiger partial charge is 0.329 e. The Morgan fingerprint density at radius 3 is 2.30 bits per heavy atom. The highest BCUT2D eigenvalue weighted by Crippen LogP contribution is 2.29. The van der Waals surface area contributed by atoms with E-state index in [0.29, 0.717) is 32.1 Å². The number of carboxylic acid groups (broad SMARTS) is 1. The topological polar surface area (TPSA) is 95.5 Å². The highest BCUT2D eigenvalue weighted by atomic mass is 16.4. The van der Waals surface area contributed by atoms with Gasteiger partial charge in [-0.2, -0.15) is 0 Å². The summed E-state index contributed by atoms with van der Waals surface area (Å²) in [5.41, 5.74) is 2.68. The second-order valence-electron chi connectivity index (χ2n) is 7.97. The molecule has 3 N–H and O–H groups in total. The lowest BCUT2D eigenvalue weighted by Crippen LogP contribution is -2.56. The summed E-state index contributed by atoms with van der Waals surface area (Å²) in [6.07, 6.45) is 5.94. The molecule has 6 heteroatoms. The zero-order valence-corrected chi connectivity index (χ0v) is 18.1. The first-order valence-corrected chi connectivity index (χ1v) is 10.5. The molecule has 1 amide bonds. The number of aldehydes is 1. The van der Waals surface area contributed by atoms with Crippen molar-refractivity contribution in [1.29, 1.82) is 0 Å². The molecule has 0 spiro atoms. The summed E-state index contributed by atoms with van der Waals surface area (Å²) in [7, 11) is 0. The van der Waals surface area contributed by atoms with Crippen molar-refractivity contribution in [3.8, 4) is 0 Å². The van der Waals surface area contributed by atoms with Crippen LogP contribution in [-0.4, -0.2) is 28.8 Å². The van der Waals surface area contributed by atoms with Gasteiger partial charge in [0, 0.05) is 12.2 Å². The molecular weight excluding hydrogens is 380 g/mol. The molecule has 162 valence electrons. The number of carboxylic acids is 1. The van der Waals surface area contributed by atoms with Crippen molar-refractivity contribution in [3.05, 3.63) is 58.3 Å². The van der Waals surface area contributed by atoms with E-state index in [2.05, 4.69) is 34.9 Å². The van der Waals surface area contributed by atoms with Gasteiger partial charge >= 0.3 is 5.97 Å². The van der Waals surface area contributed by atoms with E-state index in [4.69, 9.17) is 0 Å². The second-order valence-corrected chi connectivity index (χ2v) is 7.97. The summed E-state index contributed by atoms with van der Waals surface area (Å²) < 4.78 is 0. The molecule has 6 nitrogen and oxygen atoms in total. The third kappa shape index (κ3) is 6.05. The second kappa shape index (κ2) is 10.8. The molecule has 1 aromatic rings. The molecule has 0 bridgehead atoms. The Bertz CT molecular complexity index is 831. The van der Waals surface area contributed by atoms with E-state index in [1.54, 1.807) is 0 Å². The lowest BCUT2D eigenvalue weighted by atomic mass is 9.81. The Hall–Kier alpha value is -2.89. The van der Waals surface area contributed by atoms with Gasteiger partial charge in [0.25, 0.3) is 5.91 Å². The van der Waals surface area contributed by atoms with Crippen LogP contribution in [0.15, 0.2) is 47.2 Å². The first-order chi connectivity index (χ1) is 14.3. The van der Waals surface area contributed by atoms with Crippen molar-refractivity contribution in [2.24, 2.45) is 0 Å². The fourth-order valence-corrected chi connectivity index (χ4v) is 3.77. The summed E-state index contributed by atoms with van der Waals surface area (Å²) in [6.45, 7) is 6.51. The van der Waals surface area contributed by atoms with E-state index in [-0.39, 0.29) is 5.57 Å². The molecule has 1 aliphatic rings. The van der Waals surface area contributed by atoms with Crippen molar-refractivity contribution in [2.75, 3.05) is 0 Å². The number of aliphatic carboxylic acids is 1. The Morgan fingerprint density at radius 2 is 1.77 bits per heavy atom. The van der Waals surface area contributed by atoms with Gasteiger partial charge in [-0.05, 0) is 50.3 Å². The van der Waals surface area contributed by atoms with Crippen LogP contribution < -0.4 is 10.6 Å². The SMILES string of the molecule is CC/C(NCc1ccc(C)cc1)=C(C)/C=C(\C=O)C(=O)NC1(C(=O)O)CCCCC1. The number of rotatable bonds is 9. The normalized spacial score (nSPS) is 17.0. The van der Waals surface area contributed by atoms with E-state index in [1.807, 2.05) is 20.8 Å². The number of hydrogen-bond acceptors (Lipinski definition) is 4. The first-order valence-electron chi connectivity index (χ1n) is 10.5. The third-order valence-corrected chi connectivity index (χ3v) is 5.69. The molecule has 0 aromatic heterocycles. The van der Waals surface area contributed by atoms with Gasteiger partial charge in [-0.25, -0.2) is 4.79 Å². The maximum absolute atomic E-state index is 12.7. The van der Waals surface area contributed by atoms with Crippen LogP contribution >= 0.6 is 0 Å². The number of nitrogens with one attached hydrogen (secondary N) is 2. The largest absolute Gasteiger partial charge is 0.480 e. The van der Waals surface area contributed by atoms with Crippen LogP contribution in [0, 0.1) is 6.92 Å². The molecule has 1 aliphatic carbocycles. The summed E-state index contributed by atoms with van der Waals surface area (Å²) in [5, 5.41) is 15.7. The molecule has 1 saturated carbocycles.